The van der Waals surface area contributed by atoms with Gasteiger partial charge in [-0.1, -0.05) is 30.3 Å². The zero-order valence-corrected chi connectivity index (χ0v) is 17.8. The maximum Gasteiger partial charge on any atom is 0.223 e. The summed E-state index contributed by atoms with van der Waals surface area (Å²) in [4.78, 5) is 20.5. The summed E-state index contributed by atoms with van der Waals surface area (Å²) in [6.45, 7) is 2.06. The number of thioether (sulfide) groups is 1. The third-order valence-electron chi connectivity index (χ3n) is 5.68. The van der Waals surface area contributed by atoms with Crippen molar-refractivity contribution in [3.63, 3.8) is 0 Å². The van der Waals surface area contributed by atoms with Gasteiger partial charge in [0.2, 0.25) is 5.91 Å². The lowest BCUT2D eigenvalue weighted by atomic mass is 9.94. The summed E-state index contributed by atoms with van der Waals surface area (Å²) in [5.74, 6) is 0.119. The SMILES string of the molecule is CSc1ccc(CNC(=O)C2CCN(c3c(C#N)cnc4ccccc34)CC2)cc1. The fraction of sp³-hybridized carbons (Fsp3) is 0.292. The molecule has 1 N–H and O–H groups in total. The van der Waals surface area contributed by atoms with E-state index in [-0.39, 0.29) is 11.8 Å². The Morgan fingerprint density at radius 1 is 1.20 bits per heavy atom. The molecule has 2 aromatic carbocycles. The minimum Gasteiger partial charge on any atom is -0.370 e. The zero-order chi connectivity index (χ0) is 20.9. The van der Waals surface area contributed by atoms with Gasteiger partial charge < -0.3 is 10.2 Å². The first-order valence-electron chi connectivity index (χ1n) is 10.1. The van der Waals surface area contributed by atoms with Gasteiger partial charge in [0.05, 0.1) is 16.8 Å². The molecule has 1 fully saturated rings. The van der Waals surface area contributed by atoms with Crippen LogP contribution in [0.2, 0.25) is 0 Å². The monoisotopic (exact) mass is 416 g/mol. The number of nitrogens with one attached hydrogen (secondary N) is 1. The first-order chi connectivity index (χ1) is 14.7. The molecule has 4 rings (SSSR count). The van der Waals surface area contributed by atoms with E-state index in [2.05, 4.69) is 51.8 Å². The summed E-state index contributed by atoms with van der Waals surface area (Å²) >= 11 is 1.71. The number of nitriles is 1. The van der Waals surface area contributed by atoms with Gasteiger partial charge in [-0.05, 0) is 42.9 Å². The van der Waals surface area contributed by atoms with Crippen molar-refractivity contribution in [2.24, 2.45) is 5.92 Å². The van der Waals surface area contributed by atoms with Crippen molar-refractivity contribution in [2.45, 2.75) is 24.3 Å². The van der Waals surface area contributed by atoms with Crippen LogP contribution in [0.25, 0.3) is 10.9 Å². The number of hydrogen-bond acceptors (Lipinski definition) is 5. The Labute approximate surface area is 181 Å². The standard InChI is InChI=1S/C24H24N4OS/c1-30-20-8-6-17(7-9-20)15-27-24(29)18-10-12-28(13-11-18)23-19(14-25)16-26-22-5-3-2-4-21(22)23/h2-9,16,18H,10-13,15H2,1H3,(H,27,29). The second-order valence-electron chi connectivity index (χ2n) is 7.48. The molecule has 1 amide bonds. The second kappa shape index (κ2) is 9.19. The number of carbonyl (C=O) groups is 1. The minimum atomic E-state index is 0.00496. The number of hydrogen-bond donors (Lipinski definition) is 1. The molecule has 0 radical (unpaired) electrons. The van der Waals surface area contributed by atoms with Crippen molar-refractivity contribution in [3.8, 4) is 6.07 Å². The van der Waals surface area contributed by atoms with Crippen molar-refractivity contribution in [1.29, 1.82) is 5.26 Å². The van der Waals surface area contributed by atoms with Gasteiger partial charge in [-0.3, -0.25) is 9.78 Å². The van der Waals surface area contributed by atoms with Gasteiger partial charge in [0.15, 0.2) is 0 Å². The highest BCUT2D eigenvalue weighted by Crippen LogP contribution is 2.32. The number of aromatic nitrogens is 1. The van der Waals surface area contributed by atoms with Gasteiger partial charge in [0, 0.05) is 42.0 Å². The number of carbonyl (C=O) groups excluding carboxylic acids is 1. The van der Waals surface area contributed by atoms with Gasteiger partial charge in [0.25, 0.3) is 0 Å². The van der Waals surface area contributed by atoms with Gasteiger partial charge in [-0.2, -0.15) is 5.26 Å². The van der Waals surface area contributed by atoms with E-state index < -0.39 is 0 Å². The third-order valence-corrected chi connectivity index (χ3v) is 6.42. The number of pyridine rings is 1. The van der Waals surface area contributed by atoms with Crippen molar-refractivity contribution < 1.29 is 4.79 Å². The fourth-order valence-corrected chi connectivity index (χ4v) is 4.40. The number of piperidine rings is 1. The molecule has 6 heteroatoms. The van der Waals surface area contributed by atoms with E-state index in [1.807, 2.05) is 24.3 Å². The van der Waals surface area contributed by atoms with Crippen molar-refractivity contribution in [3.05, 3.63) is 65.9 Å². The molecule has 0 unspecified atom stereocenters. The van der Waals surface area contributed by atoms with Crippen LogP contribution >= 0.6 is 11.8 Å². The van der Waals surface area contributed by atoms with Crippen LogP contribution < -0.4 is 10.2 Å². The minimum absolute atomic E-state index is 0.00496. The molecule has 152 valence electrons. The van der Waals surface area contributed by atoms with Crippen LogP contribution in [-0.2, 0) is 11.3 Å². The number of fused-ring (bicyclic) bond motifs is 1. The number of nitrogens with zero attached hydrogens (tertiary/aromatic N) is 3. The van der Waals surface area contributed by atoms with E-state index >= 15 is 0 Å². The summed E-state index contributed by atoms with van der Waals surface area (Å²) in [6.07, 6.45) is 5.26. The second-order valence-corrected chi connectivity index (χ2v) is 8.36. The highest BCUT2D eigenvalue weighted by Gasteiger charge is 2.27. The molecule has 0 saturated carbocycles. The molecule has 0 aliphatic carbocycles. The van der Waals surface area contributed by atoms with Crippen molar-refractivity contribution in [1.82, 2.24) is 10.3 Å². The van der Waals surface area contributed by atoms with Gasteiger partial charge in [-0.25, -0.2) is 0 Å². The molecule has 5 nitrogen and oxygen atoms in total. The third kappa shape index (κ3) is 4.27. The summed E-state index contributed by atoms with van der Waals surface area (Å²) < 4.78 is 0. The first kappa shape index (κ1) is 20.2. The number of anilines is 1. The van der Waals surface area contributed by atoms with Crippen LogP contribution in [0.3, 0.4) is 0 Å². The van der Waals surface area contributed by atoms with E-state index in [4.69, 9.17) is 0 Å². The van der Waals surface area contributed by atoms with E-state index in [0.717, 1.165) is 48.1 Å². The molecule has 2 heterocycles. The maximum absolute atomic E-state index is 12.7. The number of rotatable bonds is 5. The van der Waals surface area contributed by atoms with Crippen LogP contribution in [0.4, 0.5) is 5.69 Å². The van der Waals surface area contributed by atoms with Crippen LogP contribution in [-0.4, -0.2) is 30.2 Å². The Morgan fingerprint density at radius 2 is 1.93 bits per heavy atom. The van der Waals surface area contributed by atoms with Crippen LogP contribution in [0.5, 0.6) is 0 Å². The summed E-state index contributed by atoms with van der Waals surface area (Å²) in [6, 6.07) is 18.5. The molecule has 1 aliphatic rings. The molecule has 0 spiro atoms. The number of benzene rings is 2. The molecule has 1 aliphatic heterocycles. The average Bonchev–Trinajstić information content (AvgIpc) is 2.82. The smallest absolute Gasteiger partial charge is 0.223 e. The lowest BCUT2D eigenvalue weighted by Gasteiger charge is -2.34. The highest BCUT2D eigenvalue weighted by atomic mass is 32.2. The van der Waals surface area contributed by atoms with Crippen LogP contribution in [0.1, 0.15) is 24.0 Å². The van der Waals surface area contributed by atoms with Gasteiger partial charge in [0.1, 0.15) is 6.07 Å². The molecule has 1 saturated heterocycles. The Bertz CT molecular complexity index is 1080. The Morgan fingerprint density at radius 3 is 2.63 bits per heavy atom. The van der Waals surface area contributed by atoms with E-state index in [1.165, 1.54) is 4.90 Å². The lowest BCUT2D eigenvalue weighted by molar-refractivity contribution is -0.125. The van der Waals surface area contributed by atoms with Crippen molar-refractivity contribution in [2.75, 3.05) is 24.2 Å². The Hall–Kier alpha value is -3.04. The highest BCUT2D eigenvalue weighted by molar-refractivity contribution is 7.98. The number of para-hydroxylation sites is 1. The van der Waals surface area contributed by atoms with Crippen LogP contribution in [0.15, 0.2) is 59.6 Å². The lowest BCUT2D eigenvalue weighted by Crippen LogP contribution is -2.40. The summed E-state index contributed by atoms with van der Waals surface area (Å²) in [5.41, 5.74) is 3.53. The summed E-state index contributed by atoms with van der Waals surface area (Å²) in [7, 11) is 0. The zero-order valence-electron chi connectivity index (χ0n) is 17.0. The van der Waals surface area contributed by atoms with Crippen LogP contribution in [0, 0.1) is 17.2 Å². The quantitative estimate of drug-likeness (QED) is 0.626. The van der Waals surface area contributed by atoms with E-state index in [9.17, 15) is 10.1 Å². The molecule has 0 atom stereocenters. The van der Waals surface area contributed by atoms with E-state index in [0.29, 0.717) is 12.1 Å². The predicted octanol–water partition coefficient (Wildman–Crippen LogP) is 4.36. The first-order valence-corrected chi connectivity index (χ1v) is 11.4. The predicted molar refractivity (Wildman–Crippen MR) is 121 cm³/mol. The summed E-state index contributed by atoms with van der Waals surface area (Å²) in [5, 5.41) is 13.7. The molecule has 3 aromatic rings. The normalized spacial score (nSPS) is 14.5. The largest absolute Gasteiger partial charge is 0.370 e. The van der Waals surface area contributed by atoms with E-state index in [1.54, 1.807) is 18.0 Å². The van der Waals surface area contributed by atoms with Gasteiger partial charge in [-0.15, -0.1) is 11.8 Å². The molecular weight excluding hydrogens is 392 g/mol. The molecule has 0 bridgehead atoms. The molecule has 1 aromatic heterocycles. The Balaban J connectivity index is 1.40. The number of amides is 1. The Kier molecular flexibility index (Phi) is 6.20. The maximum atomic E-state index is 12.7. The average molecular weight is 417 g/mol. The van der Waals surface area contributed by atoms with Crippen molar-refractivity contribution >= 4 is 34.3 Å². The fourth-order valence-electron chi connectivity index (χ4n) is 3.99. The van der Waals surface area contributed by atoms with Gasteiger partial charge >= 0.3 is 0 Å². The molecule has 30 heavy (non-hydrogen) atoms. The molecular formula is C24H24N4OS. The topological polar surface area (TPSA) is 69.0 Å².